The highest BCUT2D eigenvalue weighted by molar-refractivity contribution is 7.89. The largest absolute Gasteiger partial charge is 0.481 e. The normalized spacial score (nSPS) is 11.7. The minimum absolute atomic E-state index is 0.134. The van der Waals surface area contributed by atoms with Gasteiger partial charge in [-0.2, -0.15) is 0 Å². The molecular weight excluding hydrogens is 258 g/mol. The summed E-state index contributed by atoms with van der Waals surface area (Å²) in [6, 6.07) is 0. The fourth-order valence-corrected chi connectivity index (χ4v) is 2.11. The van der Waals surface area contributed by atoms with E-state index in [1.165, 1.54) is 6.20 Å². The molecule has 0 aromatic carbocycles. The minimum atomic E-state index is -3.76. The van der Waals surface area contributed by atoms with E-state index in [9.17, 15) is 13.2 Å². The fourth-order valence-electron chi connectivity index (χ4n) is 1.58. The van der Waals surface area contributed by atoms with Crippen LogP contribution in [0.1, 0.15) is 31.5 Å². The number of carbonyl (C=O) groups is 1. The molecule has 0 fully saturated rings. The third kappa shape index (κ3) is 4.46. The lowest BCUT2D eigenvalue weighted by Crippen LogP contribution is -2.12. The Morgan fingerprint density at radius 3 is 2.61 bits per heavy atom. The van der Waals surface area contributed by atoms with Gasteiger partial charge in [0.15, 0.2) is 5.03 Å². The molecule has 18 heavy (non-hydrogen) atoms. The summed E-state index contributed by atoms with van der Waals surface area (Å²) < 4.78 is 23.9. The van der Waals surface area contributed by atoms with Crippen molar-refractivity contribution in [2.75, 3.05) is 0 Å². The van der Waals surface area contributed by atoms with Gasteiger partial charge >= 0.3 is 5.97 Å². The summed E-state index contributed by atoms with van der Waals surface area (Å²) in [5.41, 5.74) is 0. The zero-order chi connectivity index (χ0) is 13.8. The number of aliphatic carboxylic acids is 1. The predicted octanol–water partition coefficient (Wildman–Crippen LogP) is 0.484. The van der Waals surface area contributed by atoms with Crippen LogP contribution in [0.3, 0.4) is 0 Å². The van der Waals surface area contributed by atoms with Crippen LogP contribution >= 0.6 is 0 Å². The average Bonchev–Trinajstić information content (AvgIpc) is 2.59. The number of sulfonamides is 1. The second-order valence-electron chi connectivity index (χ2n) is 4.07. The van der Waals surface area contributed by atoms with E-state index < -0.39 is 16.0 Å². The molecule has 102 valence electrons. The second kappa shape index (κ2) is 5.96. The maximum Gasteiger partial charge on any atom is 0.303 e. The van der Waals surface area contributed by atoms with Gasteiger partial charge in [0.1, 0.15) is 5.82 Å². The number of primary sulfonamides is 1. The number of carboxylic acid groups (broad SMARTS) is 1. The van der Waals surface area contributed by atoms with Crippen LogP contribution in [0.4, 0.5) is 0 Å². The van der Waals surface area contributed by atoms with Crippen LogP contribution < -0.4 is 5.14 Å². The van der Waals surface area contributed by atoms with Gasteiger partial charge in [0.25, 0.3) is 10.0 Å². The Labute approximate surface area is 106 Å². The number of hydrogen-bond donors (Lipinski definition) is 2. The third-order valence-corrected chi connectivity index (χ3v) is 3.31. The van der Waals surface area contributed by atoms with Gasteiger partial charge in [-0.1, -0.05) is 6.42 Å². The predicted molar refractivity (Wildman–Crippen MR) is 64.4 cm³/mol. The molecule has 3 N–H and O–H groups in total. The van der Waals surface area contributed by atoms with E-state index >= 15 is 0 Å². The number of rotatable bonds is 7. The highest BCUT2D eigenvalue weighted by Crippen LogP contribution is 2.09. The van der Waals surface area contributed by atoms with Crippen molar-refractivity contribution in [1.29, 1.82) is 0 Å². The number of unbranched alkanes of at least 4 members (excludes halogenated alkanes) is 2. The number of hydrogen-bond acceptors (Lipinski definition) is 4. The van der Waals surface area contributed by atoms with E-state index in [0.717, 1.165) is 12.8 Å². The van der Waals surface area contributed by atoms with E-state index in [2.05, 4.69) is 4.98 Å². The molecule has 0 radical (unpaired) electrons. The zero-order valence-electron chi connectivity index (χ0n) is 10.2. The Morgan fingerprint density at radius 2 is 2.11 bits per heavy atom. The van der Waals surface area contributed by atoms with Gasteiger partial charge in [-0.15, -0.1) is 0 Å². The van der Waals surface area contributed by atoms with Crippen LogP contribution in [0.2, 0.25) is 0 Å². The molecule has 0 aliphatic heterocycles. The van der Waals surface area contributed by atoms with Gasteiger partial charge in [0.2, 0.25) is 0 Å². The second-order valence-corrected chi connectivity index (χ2v) is 5.58. The molecule has 0 aliphatic rings. The van der Waals surface area contributed by atoms with Crippen molar-refractivity contribution < 1.29 is 18.3 Å². The lowest BCUT2D eigenvalue weighted by Gasteiger charge is -2.03. The van der Waals surface area contributed by atoms with Gasteiger partial charge in [-0.05, 0) is 19.8 Å². The van der Waals surface area contributed by atoms with Crippen molar-refractivity contribution >= 4 is 16.0 Å². The SMILES string of the molecule is Cc1nc(S(N)(=O)=O)cn1CCCCCC(=O)O. The van der Waals surface area contributed by atoms with Crippen LogP contribution in [-0.4, -0.2) is 29.0 Å². The summed E-state index contributed by atoms with van der Waals surface area (Å²) in [5, 5.41) is 13.3. The minimum Gasteiger partial charge on any atom is -0.481 e. The van der Waals surface area contributed by atoms with Crippen molar-refractivity contribution in [3.05, 3.63) is 12.0 Å². The average molecular weight is 275 g/mol. The van der Waals surface area contributed by atoms with Crippen molar-refractivity contribution in [1.82, 2.24) is 9.55 Å². The third-order valence-electron chi connectivity index (χ3n) is 2.54. The molecule has 1 rings (SSSR count). The van der Waals surface area contributed by atoms with Crippen molar-refractivity contribution in [2.45, 2.75) is 44.2 Å². The lowest BCUT2D eigenvalue weighted by atomic mass is 10.2. The topological polar surface area (TPSA) is 115 Å². The molecule has 0 atom stereocenters. The van der Waals surface area contributed by atoms with Gasteiger partial charge in [-0.25, -0.2) is 18.5 Å². The Bertz CT molecular complexity index is 521. The van der Waals surface area contributed by atoms with Crippen LogP contribution in [0.25, 0.3) is 0 Å². The standard InChI is InChI=1S/C10H17N3O4S/c1-8-12-9(18(11,16)17)7-13(8)6-4-2-3-5-10(14)15/h7H,2-6H2,1H3,(H,14,15)(H2,11,16,17). The van der Waals surface area contributed by atoms with Gasteiger partial charge in [0, 0.05) is 19.2 Å². The number of aromatic nitrogens is 2. The van der Waals surface area contributed by atoms with Crippen LogP contribution in [-0.2, 0) is 21.4 Å². The zero-order valence-corrected chi connectivity index (χ0v) is 11.0. The van der Waals surface area contributed by atoms with Gasteiger partial charge in [-0.3, -0.25) is 4.79 Å². The quantitative estimate of drug-likeness (QED) is 0.702. The summed E-state index contributed by atoms with van der Waals surface area (Å²) in [5.74, 6) is -0.220. The van der Waals surface area contributed by atoms with Crippen LogP contribution in [0.5, 0.6) is 0 Å². The Morgan fingerprint density at radius 1 is 1.44 bits per heavy atom. The lowest BCUT2D eigenvalue weighted by molar-refractivity contribution is -0.137. The Kier molecular flexibility index (Phi) is 4.85. The molecule has 1 aromatic heterocycles. The van der Waals surface area contributed by atoms with E-state index in [0.29, 0.717) is 18.8 Å². The molecule has 7 nitrogen and oxygen atoms in total. The van der Waals surface area contributed by atoms with Gasteiger partial charge < -0.3 is 9.67 Å². The molecule has 0 aliphatic carbocycles. The molecule has 0 amide bonds. The smallest absolute Gasteiger partial charge is 0.303 e. The molecule has 0 saturated heterocycles. The molecule has 0 spiro atoms. The maximum atomic E-state index is 11.1. The molecule has 1 aromatic rings. The summed E-state index contributed by atoms with van der Waals surface area (Å²) in [6.07, 6.45) is 3.72. The molecule has 1 heterocycles. The fraction of sp³-hybridized carbons (Fsp3) is 0.600. The van der Waals surface area contributed by atoms with E-state index in [-0.39, 0.29) is 11.4 Å². The summed E-state index contributed by atoms with van der Waals surface area (Å²) in [7, 11) is -3.76. The number of nitrogens with zero attached hydrogens (tertiary/aromatic N) is 2. The van der Waals surface area contributed by atoms with Crippen molar-refractivity contribution in [3.63, 3.8) is 0 Å². The monoisotopic (exact) mass is 275 g/mol. The Balaban J connectivity index is 2.48. The Hall–Kier alpha value is -1.41. The highest BCUT2D eigenvalue weighted by Gasteiger charge is 2.13. The van der Waals surface area contributed by atoms with Crippen molar-refractivity contribution in [3.8, 4) is 0 Å². The van der Waals surface area contributed by atoms with Crippen LogP contribution in [0, 0.1) is 6.92 Å². The first-order chi connectivity index (χ1) is 8.30. The number of aryl methyl sites for hydroxylation is 2. The molecular formula is C10H17N3O4S. The number of imidazole rings is 1. The summed E-state index contributed by atoms with van der Waals surface area (Å²) in [6.45, 7) is 2.31. The first-order valence-corrected chi connectivity index (χ1v) is 7.13. The summed E-state index contributed by atoms with van der Waals surface area (Å²) in [4.78, 5) is 14.2. The molecule has 0 unspecified atom stereocenters. The highest BCUT2D eigenvalue weighted by atomic mass is 32.2. The molecule has 8 heteroatoms. The van der Waals surface area contributed by atoms with E-state index in [1.54, 1.807) is 11.5 Å². The van der Waals surface area contributed by atoms with Gasteiger partial charge in [0.05, 0.1) is 0 Å². The number of carboxylic acids is 1. The summed E-state index contributed by atoms with van der Waals surface area (Å²) >= 11 is 0. The van der Waals surface area contributed by atoms with E-state index in [4.69, 9.17) is 10.2 Å². The number of nitrogens with two attached hydrogens (primary N) is 1. The first kappa shape index (κ1) is 14.7. The van der Waals surface area contributed by atoms with E-state index in [1.807, 2.05) is 0 Å². The van der Waals surface area contributed by atoms with Crippen LogP contribution in [0.15, 0.2) is 11.2 Å². The first-order valence-electron chi connectivity index (χ1n) is 5.59. The molecule has 0 saturated carbocycles. The molecule has 0 bridgehead atoms. The maximum absolute atomic E-state index is 11.1. The van der Waals surface area contributed by atoms with Crippen molar-refractivity contribution in [2.24, 2.45) is 5.14 Å².